The maximum Gasteiger partial charge on any atom is 0.416 e. The standard InChI is InChI=1S/C12H12F5N/c13-6-9(7-18)2-1-8-3-10(12(15,16)17)5-11(14)4-8/h3-6H,1-2,7,18H2/b9-6+. The van der Waals surface area contributed by atoms with E-state index in [4.69, 9.17) is 5.73 Å². The van der Waals surface area contributed by atoms with Crippen molar-refractivity contribution in [1.29, 1.82) is 0 Å². The SMILES string of the molecule is NC/C(=C/F)CCc1cc(F)cc(C(F)(F)F)c1. The van der Waals surface area contributed by atoms with Crippen LogP contribution in [-0.2, 0) is 12.6 Å². The minimum atomic E-state index is -4.59. The molecule has 18 heavy (non-hydrogen) atoms. The molecule has 1 aromatic rings. The van der Waals surface area contributed by atoms with Gasteiger partial charge < -0.3 is 5.73 Å². The van der Waals surface area contributed by atoms with Crippen LogP contribution >= 0.6 is 0 Å². The van der Waals surface area contributed by atoms with E-state index in [2.05, 4.69) is 0 Å². The maximum atomic E-state index is 13.0. The molecular weight excluding hydrogens is 253 g/mol. The van der Waals surface area contributed by atoms with Crippen molar-refractivity contribution in [2.75, 3.05) is 6.54 Å². The van der Waals surface area contributed by atoms with E-state index in [1.165, 1.54) is 0 Å². The van der Waals surface area contributed by atoms with E-state index in [1.807, 2.05) is 0 Å². The number of hydrogen-bond acceptors (Lipinski definition) is 1. The summed E-state index contributed by atoms with van der Waals surface area (Å²) in [7, 11) is 0. The number of hydrogen-bond donors (Lipinski definition) is 1. The summed E-state index contributed by atoms with van der Waals surface area (Å²) < 4.78 is 62.5. The molecule has 0 aliphatic rings. The number of rotatable bonds is 4. The average molecular weight is 265 g/mol. The summed E-state index contributed by atoms with van der Waals surface area (Å²) in [6.45, 7) is -0.0159. The van der Waals surface area contributed by atoms with Crippen LogP contribution in [0.25, 0.3) is 0 Å². The molecule has 0 amide bonds. The molecule has 0 aromatic heterocycles. The normalized spacial score (nSPS) is 12.9. The van der Waals surface area contributed by atoms with Crippen molar-refractivity contribution in [3.05, 3.63) is 47.0 Å². The molecule has 6 heteroatoms. The van der Waals surface area contributed by atoms with Crippen molar-refractivity contribution in [2.24, 2.45) is 5.73 Å². The first kappa shape index (κ1) is 14.6. The monoisotopic (exact) mass is 265 g/mol. The van der Waals surface area contributed by atoms with Crippen LogP contribution in [0.5, 0.6) is 0 Å². The zero-order valence-corrected chi connectivity index (χ0v) is 9.40. The van der Waals surface area contributed by atoms with Crippen LogP contribution in [0.15, 0.2) is 30.1 Å². The zero-order chi connectivity index (χ0) is 13.8. The van der Waals surface area contributed by atoms with Crippen molar-refractivity contribution in [2.45, 2.75) is 19.0 Å². The lowest BCUT2D eigenvalue weighted by Crippen LogP contribution is -2.07. The second-order valence-corrected chi connectivity index (χ2v) is 3.82. The first-order valence-corrected chi connectivity index (χ1v) is 5.21. The Hall–Kier alpha value is -1.43. The van der Waals surface area contributed by atoms with Crippen LogP contribution in [-0.4, -0.2) is 6.54 Å². The fraction of sp³-hybridized carbons (Fsp3) is 0.333. The smallest absolute Gasteiger partial charge is 0.327 e. The van der Waals surface area contributed by atoms with Crippen molar-refractivity contribution in [3.8, 4) is 0 Å². The summed E-state index contributed by atoms with van der Waals surface area (Å²) in [5.74, 6) is -0.960. The Morgan fingerprint density at radius 1 is 1.22 bits per heavy atom. The van der Waals surface area contributed by atoms with E-state index in [-0.39, 0.29) is 30.5 Å². The lowest BCUT2D eigenvalue weighted by molar-refractivity contribution is -0.137. The van der Waals surface area contributed by atoms with Crippen LogP contribution in [0, 0.1) is 5.82 Å². The molecule has 100 valence electrons. The zero-order valence-electron chi connectivity index (χ0n) is 9.40. The van der Waals surface area contributed by atoms with Crippen LogP contribution < -0.4 is 5.73 Å². The van der Waals surface area contributed by atoms with Crippen molar-refractivity contribution < 1.29 is 22.0 Å². The van der Waals surface area contributed by atoms with Crippen LogP contribution in [0.4, 0.5) is 22.0 Å². The van der Waals surface area contributed by atoms with Gasteiger partial charge in [-0.15, -0.1) is 0 Å². The fourth-order valence-electron chi connectivity index (χ4n) is 1.46. The van der Waals surface area contributed by atoms with Gasteiger partial charge >= 0.3 is 6.18 Å². The molecule has 0 saturated carbocycles. The molecule has 0 atom stereocenters. The number of alkyl halides is 3. The molecule has 0 fully saturated rings. The molecule has 2 N–H and O–H groups in total. The average Bonchev–Trinajstić information content (AvgIpc) is 2.28. The van der Waals surface area contributed by atoms with Crippen LogP contribution in [0.1, 0.15) is 17.5 Å². The number of nitrogens with two attached hydrogens (primary N) is 1. The molecule has 0 unspecified atom stereocenters. The summed E-state index contributed by atoms with van der Waals surface area (Å²) >= 11 is 0. The fourth-order valence-corrected chi connectivity index (χ4v) is 1.46. The van der Waals surface area contributed by atoms with Crippen molar-refractivity contribution >= 4 is 0 Å². The van der Waals surface area contributed by atoms with Crippen LogP contribution in [0.2, 0.25) is 0 Å². The van der Waals surface area contributed by atoms with Gasteiger partial charge in [0, 0.05) is 6.54 Å². The summed E-state index contributed by atoms with van der Waals surface area (Å²) in [6, 6.07) is 2.29. The summed E-state index contributed by atoms with van der Waals surface area (Å²) in [5, 5.41) is 0. The van der Waals surface area contributed by atoms with E-state index in [9.17, 15) is 22.0 Å². The topological polar surface area (TPSA) is 26.0 Å². The van der Waals surface area contributed by atoms with Gasteiger partial charge in [-0.25, -0.2) is 8.78 Å². The highest BCUT2D eigenvalue weighted by Crippen LogP contribution is 2.30. The molecule has 1 nitrogen and oxygen atoms in total. The number of aryl methyl sites for hydroxylation is 1. The Morgan fingerprint density at radius 2 is 1.89 bits per heavy atom. The maximum absolute atomic E-state index is 13.0. The second-order valence-electron chi connectivity index (χ2n) is 3.82. The Balaban J connectivity index is 2.87. The van der Waals surface area contributed by atoms with Crippen molar-refractivity contribution in [3.63, 3.8) is 0 Å². The van der Waals surface area contributed by atoms with Crippen LogP contribution in [0.3, 0.4) is 0 Å². The summed E-state index contributed by atoms with van der Waals surface area (Å²) in [4.78, 5) is 0. The number of halogens is 5. The third-order valence-corrected chi connectivity index (χ3v) is 2.44. The lowest BCUT2D eigenvalue weighted by Gasteiger charge is -2.09. The van der Waals surface area contributed by atoms with Gasteiger partial charge in [0.2, 0.25) is 0 Å². The van der Waals surface area contributed by atoms with Gasteiger partial charge in [-0.3, -0.25) is 0 Å². The molecule has 0 aliphatic heterocycles. The molecule has 0 radical (unpaired) electrons. The van der Waals surface area contributed by atoms with Gasteiger partial charge in [0.25, 0.3) is 0 Å². The van der Waals surface area contributed by atoms with E-state index in [1.54, 1.807) is 0 Å². The largest absolute Gasteiger partial charge is 0.416 e. The minimum Gasteiger partial charge on any atom is -0.327 e. The van der Waals surface area contributed by atoms with Gasteiger partial charge in [-0.05, 0) is 42.2 Å². The summed E-state index contributed by atoms with van der Waals surface area (Å²) in [6.07, 6.45) is -4.00. The van der Waals surface area contributed by atoms with Gasteiger partial charge in [-0.1, -0.05) is 0 Å². The third kappa shape index (κ3) is 4.10. The molecule has 0 aliphatic carbocycles. The molecular formula is C12H12F5N. The molecule has 0 bridgehead atoms. The Labute approximate surface area is 101 Å². The lowest BCUT2D eigenvalue weighted by atomic mass is 10.0. The van der Waals surface area contributed by atoms with E-state index < -0.39 is 17.6 Å². The van der Waals surface area contributed by atoms with Gasteiger partial charge in [0.1, 0.15) is 5.82 Å². The Bertz CT molecular complexity index is 437. The third-order valence-electron chi connectivity index (χ3n) is 2.44. The highest BCUT2D eigenvalue weighted by Gasteiger charge is 2.31. The predicted octanol–water partition coefficient (Wildman–Crippen LogP) is 3.59. The van der Waals surface area contributed by atoms with E-state index in [0.29, 0.717) is 12.4 Å². The molecule has 0 heterocycles. The Kier molecular flexibility index (Phi) is 4.84. The van der Waals surface area contributed by atoms with E-state index in [0.717, 1.165) is 12.1 Å². The van der Waals surface area contributed by atoms with Gasteiger partial charge in [0.05, 0.1) is 11.9 Å². The first-order valence-electron chi connectivity index (χ1n) is 5.21. The predicted molar refractivity (Wildman–Crippen MR) is 58.0 cm³/mol. The first-order chi connectivity index (χ1) is 8.36. The minimum absolute atomic E-state index is 0.0159. The second kappa shape index (κ2) is 5.95. The molecule has 1 rings (SSSR count). The van der Waals surface area contributed by atoms with Crippen molar-refractivity contribution in [1.82, 2.24) is 0 Å². The Morgan fingerprint density at radius 3 is 2.39 bits per heavy atom. The molecule has 0 spiro atoms. The molecule has 1 aromatic carbocycles. The highest BCUT2D eigenvalue weighted by molar-refractivity contribution is 5.27. The highest BCUT2D eigenvalue weighted by atomic mass is 19.4. The van der Waals surface area contributed by atoms with Gasteiger partial charge in [0.15, 0.2) is 0 Å². The number of benzene rings is 1. The van der Waals surface area contributed by atoms with Gasteiger partial charge in [-0.2, -0.15) is 13.2 Å². The van der Waals surface area contributed by atoms with E-state index >= 15 is 0 Å². The summed E-state index contributed by atoms with van der Waals surface area (Å²) in [5.41, 5.74) is 4.60. The quantitative estimate of drug-likeness (QED) is 0.827. The molecule has 0 saturated heterocycles.